The number of benzene rings is 4. The van der Waals surface area contributed by atoms with E-state index in [-0.39, 0.29) is 8.83 Å². The van der Waals surface area contributed by atoms with Crippen molar-refractivity contribution in [3.63, 3.8) is 0 Å². The molecule has 4 heteroatoms. The van der Waals surface area contributed by atoms with Crippen molar-refractivity contribution in [2.45, 2.75) is 8.83 Å². The molecule has 33 heavy (non-hydrogen) atoms. The lowest BCUT2D eigenvalue weighted by molar-refractivity contribution is 0.414. The van der Waals surface area contributed by atoms with Crippen LogP contribution in [0.5, 0.6) is 11.5 Å². The molecular weight excluding hydrogens is 444 g/mol. The van der Waals surface area contributed by atoms with Gasteiger partial charge in [-0.3, -0.25) is 0 Å². The Morgan fingerprint density at radius 2 is 0.970 bits per heavy atom. The Morgan fingerprint density at radius 3 is 1.36 bits per heavy atom. The fourth-order valence-corrected chi connectivity index (χ4v) is 8.55. The fraction of sp³-hybridized carbons (Fsp3) is 0.172. The zero-order valence-electron chi connectivity index (χ0n) is 18.7. The molecular formula is C29H26O2S2. The number of ether oxygens (including phenoxy) is 2. The summed E-state index contributed by atoms with van der Waals surface area (Å²) in [5.41, 5.74) is 5.18. The van der Waals surface area contributed by atoms with E-state index in [0.29, 0.717) is 0 Å². The van der Waals surface area contributed by atoms with Crippen LogP contribution in [0.3, 0.4) is 0 Å². The molecule has 4 aromatic rings. The predicted molar refractivity (Wildman–Crippen MR) is 140 cm³/mol. The lowest BCUT2D eigenvalue weighted by atomic mass is 9.92. The van der Waals surface area contributed by atoms with Crippen LogP contribution in [0.2, 0.25) is 0 Å². The third kappa shape index (κ3) is 3.92. The first kappa shape index (κ1) is 22.0. The molecule has 4 aromatic carbocycles. The van der Waals surface area contributed by atoms with E-state index in [4.69, 9.17) is 9.47 Å². The van der Waals surface area contributed by atoms with Gasteiger partial charge in [0.15, 0.2) is 0 Å². The van der Waals surface area contributed by atoms with Gasteiger partial charge >= 0.3 is 0 Å². The molecule has 1 fully saturated rings. The van der Waals surface area contributed by atoms with E-state index in [2.05, 4.69) is 109 Å². The molecule has 0 saturated carbocycles. The van der Waals surface area contributed by atoms with Gasteiger partial charge in [0.05, 0.1) is 19.0 Å². The molecule has 0 spiro atoms. The maximum absolute atomic E-state index is 5.45. The fourth-order valence-electron chi connectivity index (χ4n) is 4.45. The minimum absolute atomic E-state index is 0.174. The van der Waals surface area contributed by atoms with Crippen LogP contribution >= 0.6 is 23.5 Å². The van der Waals surface area contributed by atoms with Crippen molar-refractivity contribution in [1.29, 1.82) is 0 Å². The molecule has 1 aliphatic heterocycles. The lowest BCUT2D eigenvalue weighted by Gasteiger charge is -2.34. The number of methoxy groups -OCH3 is 2. The molecule has 0 aromatic heterocycles. The zero-order valence-corrected chi connectivity index (χ0v) is 20.4. The summed E-state index contributed by atoms with van der Waals surface area (Å²) >= 11 is 4.03. The van der Waals surface area contributed by atoms with Gasteiger partial charge in [0.25, 0.3) is 0 Å². The van der Waals surface area contributed by atoms with Gasteiger partial charge in [-0.2, -0.15) is 0 Å². The summed E-state index contributed by atoms with van der Waals surface area (Å²) < 4.78 is 10.5. The first-order valence-corrected chi connectivity index (χ1v) is 12.7. The molecule has 0 N–H and O–H groups in total. The second-order valence-electron chi connectivity index (χ2n) is 8.02. The van der Waals surface area contributed by atoms with Gasteiger partial charge in [0.1, 0.15) is 15.6 Å². The SMILES string of the molecule is COc1ccc(C2(c3ccc(OC)cc3)SCC(c3ccccc3)(c3ccccc3)S2)cc1. The highest BCUT2D eigenvalue weighted by molar-refractivity contribution is 8.21. The second-order valence-corrected chi connectivity index (χ2v) is 11.0. The Bertz CT molecular complexity index is 1100. The zero-order chi connectivity index (χ0) is 22.7. The Morgan fingerprint density at radius 1 is 0.545 bits per heavy atom. The summed E-state index contributed by atoms with van der Waals surface area (Å²) in [6.07, 6.45) is 0. The number of rotatable bonds is 6. The summed E-state index contributed by atoms with van der Waals surface area (Å²) in [7, 11) is 3.42. The molecule has 166 valence electrons. The summed E-state index contributed by atoms with van der Waals surface area (Å²) in [6, 6.07) is 38.9. The monoisotopic (exact) mass is 470 g/mol. The Kier molecular flexibility index (Phi) is 6.13. The molecule has 0 atom stereocenters. The second kappa shape index (κ2) is 9.20. The van der Waals surface area contributed by atoms with Crippen molar-refractivity contribution < 1.29 is 9.47 Å². The van der Waals surface area contributed by atoms with Gasteiger partial charge in [-0.25, -0.2) is 0 Å². The van der Waals surface area contributed by atoms with Crippen LogP contribution in [-0.2, 0) is 8.83 Å². The van der Waals surface area contributed by atoms with Gasteiger partial charge in [0, 0.05) is 5.75 Å². The van der Waals surface area contributed by atoms with E-state index in [1.165, 1.54) is 22.3 Å². The van der Waals surface area contributed by atoms with E-state index >= 15 is 0 Å². The molecule has 5 rings (SSSR count). The van der Waals surface area contributed by atoms with Gasteiger partial charge in [-0.05, 0) is 46.5 Å². The van der Waals surface area contributed by atoms with Crippen LogP contribution in [0.25, 0.3) is 0 Å². The van der Waals surface area contributed by atoms with E-state index in [1.807, 2.05) is 23.5 Å². The molecule has 1 heterocycles. The molecule has 2 nitrogen and oxygen atoms in total. The van der Waals surface area contributed by atoms with Crippen LogP contribution in [-0.4, -0.2) is 20.0 Å². The minimum Gasteiger partial charge on any atom is -0.497 e. The highest BCUT2D eigenvalue weighted by Gasteiger charge is 2.53. The van der Waals surface area contributed by atoms with Crippen molar-refractivity contribution in [3.8, 4) is 11.5 Å². The van der Waals surface area contributed by atoms with Crippen molar-refractivity contribution >= 4 is 23.5 Å². The Labute approximate surface area is 204 Å². The minimum atomic E-state index is -0.274. The predicted octanol–water partition coefficient (Wildman–Crippen LogP) is 7.33. The van der Waals surface area contributed by atoms with Crippen molar-refractivity contribution in [2.24, 2.45) is 0 Å². The topological polar surface area (TPSA) is 18.5 Å². The lowest BCUT2D eigenvalue weighted by Crippen LogP contribution is -2.25. The van der Waals surface area contributed by atoms with E-state index in [9.17, 15) is 0 Å². The molecule has 0 radical (unpaired) electrons. The average Bonchev–Trinajstić information content (AvgIpc) is 3.33. The normalized spacial score (nSPS) is 16.3. The summed E-state index contributed by atoms with van der Waals surface area (Å²) in [5, 5.41) is 0. The maximum atomic E-state index is 5.45. The van der Waals surface area contributed by atoms with Crippen molar-refractivity contribution in [1.82, 2.24) is 0 Å². The van der Waals surface area contributed by atoms with Crippen LogP contribution in [0.15, 0.2) is 109 Å². The van der Waals surface area contributed by atoms with Crippen molar-refractivity contribution in [3.05, 3.63) is 131 Å². The first-order valence-electron chi connectivity index (χ1n) is 10.9. The number of hydrogen-bond donors (Lipinski definition) is 0. The van der Waals surface area contributed by atoms with Crippen LogP contribution in [0.1, 0.15) is 22.3 Å². The quantitative estimate of drug-likeness (QED) is 0.294. The molecule has 1 saturated heterocycles. The van der Waals surface area contributed by atoms with Crippen LogP contribution in [0.4, 0.5) is 0 Å². The number of thioether (sulfide) groups is 2. The highest BCUT2D eigenvalue weighted by atomic mass is 32.2. The molecule has 1 aliphatic rings. The molecule has 0 bridgehead atoms. The third-order valence-electron chi connectivity index (χ3n) is 6.22. The van der Waals surface area contributed by atoms with E-state index in [0.717, 1.165) is 17.3 Å². The third-order valence-corrected chi connectivity index (χ3v) is 10.2. The van der Waals surface area contributed by atoms with Gasteiger partial charge in [-0.15, -0.1) is 23.5 Å². The standard InChI is InChI=1S/C29H26O2S2/c1-30-26-17-13-24(14-18-26)29(25-15-19-27(31-2)20-16-25)32-21-28(33-29,22-9-5-3-6-10-22)23-11-7-4-8-12-23/h3-20H,21H2,1-2H3. The number of hydrogen-bond acceptors (Lipinski definition) is 4. The largest absolute Gasteiger partial charge is 0.497 e. The molecule has 0 unspecified atom stereocenters. The van der Waals surface area contributed by atoms with Gasteiger partial charge < -0.3 is 9.47 Å². The van der Waals surface area contributed by atoms with Crippen LogP contribution in [0, 0.1) is 0 Å². The summed E-state index contributed by atoms with van der Waals surface area (Å²) in [5.74, 6) is 2.70. The molecule has 0 aliphatic carbocycles. The van der Waals surface area contributed by atoms with E-state index < -0.39 is 0 Å². The average molecular weight is 471 g/mol. The van der Waals surface area contributed by atoms with Gasteiger partial charge in [0.2, 0.25) is 0 Å². The summed E-state index contributed by atoms with van der Waals surface area (Å²) in [6.45, 7) is 0. The van der Waals surface area contributed by atoms with Crippen LogP contribution < -0.4 is 9.47 Å². The van der Waals surface area contributed by atoms with Gasteiger partial charge in [-0.1, -0.05) is 84.9 Å². The molecule has 0 amide bonds. The first-order chi connectivity index (χ1) is 16.2. The highest BCUT2D eigenvalue weighted by Crippen LogP contribution is 2.68. The Hall–Kier alpha value is -2.82. The van der Waals surface area contributed by atoms with Crippen molar-refractivity contribution in [2.75, 3.05) is 20.0 Å². The summed E-state index contributed by atoms with van der Waals surface area (Å²) in [4.78, 5) is 0. The maximum Gasteiger partial charge on any atom is 0.118 e. The smallest absolute Gasteiger partial charge is 0.118 e. The Balaban J connectivity index is 1.69. The van der Waals surface area contributed by atoms with E-state index in [1.54, 1.807) is 14.2 Å².